The Balaban J connectivity index is 1.87. The molecule has 3 rings (SSSR count). The summed E-state index contributed by atoms with van der Waals surface area (Å²) in [6.45, 7) is 12.6. The molecule has 2 aromatic rings. The molecule has 1 heterocycles. The zero-order valence-electron chi connectivity index (χ0n) is 15.4. The van der Waals surface area contributed by atoms with Gasteiger partial charge in [-0.2, -0.15) is 0 Å². The first-order chi connectivity index (χ1) is 12.1. The minimum absolute atomic E-state index is 0.400. The van der Waals surface area contributed by atoms with Crippen molar-refractivity contribution in [3.05, 3.63) is 60.3 Å². The van der Waals surface area contributed by atoms with Gasteiger partial charge in [0.1, 0.15) is 0 Å². The molecule has 0 saturated heterocycles. The van der Waals surface area contributed by atoms with Crippen molar-refractivity contribution in [3.8, 4) is 0 Å². The summed E-state index contributed by atoms with van der Waals surface area (Å²) in [5, 5.41) is 12.1. The Morgan fingerprint density at radius 3 is 2.64 bits per heavy atom. The van der Waals surface area contributed by atoms with Gasteiger partial charge in [0.25, 0.3) is 0 Å². The number of benzene rings is 1. The van der Waals surface area contributed by atoms with E-state index < -0.39 is 6.10 Å². The van der Waals surface area contributed by atoms with Gasteiger partial charge < -0.3 is 9.67 Å². The maximum atomic E-state index is 10.7. The van der Waals surface area contributed by atoms with E-state index in [1.165, 1.54) is 40.6 Å². The van der Waals surface area contributed by atoms with Crippen molar-refractivity contribution in [2.45, 2.75) is 45.3 Å². The third kappa shape index (κ3) is 3.88. The number of aromatic nitrogens is 1. The minimum atomic E-state index is -0.400. The van der Waals surface area contributed by atoms with E-state index in [1.807, 2.05) is 12.2 Å². The summed E-state index contributed by atoms with van der Waals surface area (Å²) < 4.78 is 2.37. The lowest BCUT2D eigenvalue weighted by atomic mass is 9.95. The summed E-state index contributed by atoms with van der Waals surface area (Å²) >= 11 is 0. The normalized spacial score (nSPS) is 15.3. The van der Waals surface area contributed by atoms with Crippen LogP contribution in [0.4, 0.5) is 0 Å². The zero-order valence-corrected chi connectivity index (χ0v) is 15.4. The van der Waals surface area contributed by atoms with Gasteiger partial charge in [0.05, 0.1) is 12.6 Å². The first-order valence-electron chi connectivity index (χ1n) is 9.36. The Bertz CT molecular complexity index is 749. The number of rotatable bonds is 8. The third-order valence-corrected chi connectivity index (χ3v) is 5.17. The van der Waals surface area contributed by atoms with E-state index in [1.54, 1.807) is 0 Å². The third-order valence-electron chi connectivity index (χ3n) is 5.17. The smallest absolute Gasteiger partial charge is 0.0846 e. The van der Waals surface area contributed by atoms with Crippen molar-refractivity contribution in [2.24, 2.45) is 0 Å². The Kier molecular flexibility index (Phi) is 5.77. The lowest BCUT2D eigenvalue weighted by Gasteiger charge is -2.24. The Hall–Kier alpha value is -1.84. The molecule has 1 aliphatic rings. The van der Waals surface area contributed by atoms with Gasteiger partial charge in [-0.15, -0.1) is 13.2 Å². The summed E-state index contributed by atoms with van der Waals surface area (Å²) in [7, 11) is 0. The van der Waals surface area contributed by atoms with Crippen LogP contribution in [0.2, 0.25) is 0 Å². The summed E-state index contributed by atoms with van der Waals surface area (Å²) in [6.07, 6.45) is 8.17. The van der Waals surface area contributed by atoms with Crippen LogP contribution in [0, 0.1) is 6.92 Å². The van der Waals surface area contributed by atoms with E-state index in [-0.39, 0.29) is 0 Å². The van der Waals surface area contributed by atoms with E-state index in [9.17, 15) is 5.11 Å². The SMILES string of the molecule is C=CCN(CC=C)C[C@@H](O)Cn1c2c(c3cc(C)ccc31)CCCC2. The van der Waals surface area contributed by atoms with Crippen molar-refractivity contribution >= 4 is 10.9 Å². The molecule has 134 valence electrons. The number of hydrogen-bond acceptors (Lipinski definition) is 2. The molecule has 0 amide bonds. The predicted molar refractivity (Wildman–Crippen MR) is 106 cm³/mol. The molecule has 1 aliphatic carbocycles. The highest BCUT2D eigenvalue weighted by Crippen LogP contribution is 2.33. The average molecular weight is 338 g/mol. The Morgan fingerprint density at radius 2 is 1.92 bits per heavy atom. The maximum Gasteiger partial charge on any atom is 0.0846 e. The van der Waals surface area contributed by atoms with Crippen LogP contribution in [0.25, 0.3) is 10.9 Å². The monoisotopic (exact) mass is 338 g/mol. The van der Waals surface area contributed by atoms with E-state index in [0.29, 0.717) is 13.1 Å². The van der Waals surface area contributed by atoms with Gasteiger partial charge in [-0.25, -0.2) is 0 Å². The molecule has 0 spiro atoms. The molecule has 0 aliphatic heterocycles. The van der Waals surface area contributed by atoms with Gasteiger partial charge in [0, 0.05) is 36.2 Å². The molecule has 1 aromatic carbocycles. The molecule has 1 aromatic heterocycles. The molecular formula is C22H30N2O. The fourth-order valence-corrected chi connectivity index (χ4v) is 4.11. The fourth-order valence-electron chi connectivity index (χ4n) is 4.11. The van der Waals surface area contributed by atoms with Gasteiger partial charge in [-0.1, -0.05) is 23.8 Å². The highest BCUT2D eigenvalue weighted by atomic mass is 16.3. The minimum Gasteiger partial charge on any atom is -0.390 e. The first-order valence-corrected chi connectivity index (χ1v) is 9.36. The van der Waals surface area contributed by atoms with Crippen LogP contribution in [0.15, 0.2) is 43.5 Å². The summed E-state index contributed by atoms with van der Waals surface area (Å²) in [5.74, 6) is 0. The van der Waals surface area contributed by atoms with E-state index in [0.717, 1.165) is 25.9 Å². The van der Waals surface area contributed by atoms with Crippen LogP contribution in [0.5, 0.6) is 0 Å². The maximum absolute atomic E-state index is 10.7. The zero-order chi connectivity index (χ0) is 17.8. The summed E-state index contributed by atoms with van der Waals surface area (Å²) in [6, 6.07) is 6.71. The molecule has 3 heteroatoms. The van der Waals surface area contributed by atoms with Crippen LogP contribution >= 0.6 is 0 Å². The highest BCUT2D eigenvalue weighted by Gasteiger charge is 2.22. The predicted octanol–water partition coefficient (Wildman–Crippen LogP) is 3.86. The Labute approximate surface area is 151 Å². The van der Waals surface area contributed by atoms with Gasteiger partial charge in [0.2, 0.25) is 0 Å². The largest absolute Gasteiger partial charge is 0.390 e. The second-order valence-corrected chi connectivity index (χ2v) is 7.21. The van der Waals surface area contributed by atoms with Crippen LogP contribution in [-0.4, -0.2) is 40.3 Å². The molecule has 0 saturated carbocycles. The van der Waals surface area contributed by atoms with Gasteiger partial charge in [-0.05, 0) is 50.3 Å². The summed E-state index contributed by atoms with van der Waals surface area (Å²) in [5.41, 5.74) is 5.52. The van der Waals surface area contributed by atoms with E-state index in [2.05, 4.69) is 47.7 Å². The quantitative estimate of drug-likeness (QED) is 0.740. The molecule has 1 N–H and O–H groups in total. The van der Waals surface area contributed by atoms with Crippen molar-refractivity contribution in [1.82, 2.24) is 9.47 Å². The van der Waals surface area contributed by atoms with Crippen LogP contribution < -0.4 is 0 Å². The molecule has 0 bridgehead atoms. The molecule has 0 unspecified atom stereocenters. The average Bonchev–Trinajstić information content (AvgIpc) is 2.89. The van der Waals surface area contributed by atoms with Gasteiger partial charge >= 0.3 is 0 Å². The topological polar surface area (TPSA) is 28.4 Å². The molecule has 0 radical (unpaired) electrons. The second-order valence-electron chi connectivity index (χ2n) is 7.21. The van der Waals surface area contributed by atoms with Gasteiger partial charge in [-0.3, -0.25) is 4.90 Å². The van der Waals surface area contributed by atoms with Crippen LogP contribution in [0.1, 0.15) is 29.7 Å². The molecular weight excluding hydrogens is 308 g/mol. The number of nitrogens with zero attached hydrogens (tertiary/aromatic N) is 2. The molecule has 3 nitrogen and oxygen atoms in total. The van der Waals surface area contributed by atoms with Crippen LogP contribution in [0.3, 0.4) is 0 Å². The van der Waals surface area contributed by atoms with Crippen molar-refractivity contribution < 1.29 is 5.11 Å². The molecule has 25 heavy (non-hydrogen) atoms. The van der Waals surface area contributed by atoms with Gasteiger partial charge in [0.15, 0.2) is 0 Å². The Morgan fingerprint density at radius 1 is 1.20 bits per heavy atom. The number of fused-ring (bicyclic) bond motifs is 3. The number of aliphatic hydroxyl groups excluding tert-OH is 1. The van der Waals surface area contributed by atoms with E-state index >= 15 is 0 Å². The first kappa shape index (κ1) is 18.0. The number of aliphatic hydroxyl groups is 1. The molecule has 0 fully saturated rings. The van der Waals surface area contributed by atoms with Crippen molar-refractivity contribution in [1.29, 1.82) is 0 Å². The standard InChI is InChI=1S/C22H30N2O/c1-4-12-23(13-5-2)15-18(25)16-24-21-9-7-6-8-19(21)20-14-17(3)10-11-22(20)24/h4-5,10-11,14,18,25H,1-2,6-9,12-13,15-16H2,3H3/t18-/m1/s1. The fraction of sp³-hybridized carbons (Fsp3) is 0.455. The number of hydrogen-bond donors (Lipinski definition) is 1. The lowest BCUT2D eigenvalue weighted by molar-refractivity contribution is 0.109. The molecule has 1 atom stereocenters. The summed E-state index contributed by atoms with van der Waals surface area (Å²) in [4.78, 5) is 2.17. The lowest BCUT2D eigenvalue weighted by Crippen LogP contribution is -2.35. The van der Waals surface area contributed by atoms with E-state index in [4.69, 9.17) is 0 Å². The highest BCUT2D eigenvalue weighted by molar-refractivity contribution is 5.86. The van der Waals surface area contributed by atoms with Crippen LogP contribution in [-0.2, 0) is 19.4 Å². The van der Waals surface area contributed by atoms with Crippen molar-refractivity contribution in [2.75, 3.05) is 19.6 Å². The van der Waals surface area contributed by atoms with Crippen molar-refractivity contribution in [3.63, 3.8) is 0 Å². The second kappa shape index (κ2) is 8.03. The number of aryl methyl sites for hydroxylation is 2.